The highest BCUT2D eigenvalue weighted by atomic mass is 32.2. The summed E-state index contributed by atoms with van der Waals surface area (Å²) >= 11 is 0. The molecule has 0 bridgehead atoms. The van der Waals surface area contributed by atoms with Crippen molar-refractivity contribution in [1.29, 1.82) is 0 Å². The zero-order valence-electron chi connectivity index (χ0n) is 10.6. The van der Waals surface area contributed by atoms with E-state index in [2.05, 4.69) is 5.32 Å². The van der Waals surface area contributed by atoms with Crippen LogP contribution < -0.4 is 5.32 Å². The first-order valence-electron chi connectivity index (χ1n) is 6.12. The summed E-state index contributed by atoms with van der Waals surface area (Å²) in [5.41, 5.74) is 0. The van der Waals surface area contributed by atoms with Crippen LogP contribution in [0.1, 0.15) is 39.5 Å². The van der Waals surface area contributed by atoms with Gasteiger partial charge in [-0.1, -0.05) is 0 Å². The summed E-state index contributed by atoms with van der Waals surface area (Å²) in [7, 11) is -1.38. The summed E-state index contributed by atoms with van der Waals surface area (Å²) in [6.07, 6.45) is 4.27. The van der Waals surface area contributed by atoms with E-state index in [0.29, 0.717) is 0 Å². The molecule has 0 aromatic heterocycles. The van der Waals surface area contributed by atoms with E-state index in [9.17, 15) is 8.42 Å². The van der Waals surface area contributed by atoms with Gasteiger partial charge in [-0.3, -0.25) is 0 Å². The fourth-order valence-corrected chi connectivity index (χ4v) is 2.97. The Kier molecular flexibility index (Phi) is 5.21. The Labute approximate surface area is 99.5 Å². The largest absolute Gasteiger partial charge is 0.314 e. The van der Waals surface area contributed by atoms with Gasteiger partial charge in [-0.25, -0.2) is 12.7 Å². The Bertz CT molecular complexity index is 297. The maximum Gasteiger partial charge on any atom is 0.214 e. The second kappa shape index (κ2) is 5.98. The molecule has 0 aromatic rings. The van der Waals surface area contributed by atoms with Gasteiger partial charge in [0.1, 0.15) is 0 Å². The number of hydrogen-bond acceptors (Lipinski definition) is 3. The van der Waals surface area contributed by atoms with E-state index in [0.717, 1.165) is 25.4 Å². The molecule has 0 saturated heterocycles. The first-order chi connectivity index (χ1) is 7.43. The topological polar surface area (TPSA) is 49.4 Å². The normalized spacial score (nSPS) is 17.3. The lowest BCUT2D eigenvalue weighted by Crippen LogP contribution is -2.35. The molecule has 1 N–H and O–H groups in total. The molecule has 0 spiro atoms. The molecule has 0 amide bonds. The quantitative estimate of drug-likeness (QED) is 0.656. The second-order valence-corrected chi connectivity index (χ2v) is 7.01. The minimum absolute atomic E-state index is 0.0505. The third-order valence-corrected chi connectivity index (χ3v) is 5.11. The predicted octanol–water partition coefficient (Wildman–Crippen LogP) is 1.19. The standard InChI is InChI=1S/C11H24N2O2S/c1-10(2)13(3)16(14,15)9-5-4-8-12-11-6-7-11/h10-12H,4-9H2,1-3H3. The average Bonchev–Trinajstić information content (AvgIpc) is 2.99. The number of unbranched alkanes of at least 4 members (excludes halogenated alkanes) is 1. The minimum atomic E-state index is -3.04. The van der Waals surface area contributed by atoms with Crippen molar-refractivity contribution in [3.05, 3.63) is 0 Å². The molecule has 1 fully saturated rings. The van der Waals surface area contributed by atoms with Gasteiger partial charge in [-0.2, -0.15) is 0 Å². The van der Waals surface area contributed by atoms with E-state index in [-0.39, 0.29) is 11.8 Å². The van der Waals surface area contributed by atoms with Crippen LogP contribution in [0.3, 0.4) is 0 Å². The van der Waals surface area contributed by atoms with Crippen LogP contribution in [0, 0.1) is 0 Å². The van der Waals surface area contributed by atoms with E-state index >= 15 is 0 Å². The summed E-state index contributed by atoms with van der Waals surface area (Å²) in [6.45, 7) is 4.74. The summed E-state index contributed by atoms with van der Waals surface area (Å²) in [4.78, 5) is 0. The number of hydrogen-bond donors (Lipinski definition) is 1. The van der Waals surface area contributed by atoms with Gasteiger partial charge in [0.05, 0.1) is 5.75 Å². The van der Waals surface area contributed by atoms with Gasteiger partial charge in [-0.15, -0.1) is 0 Å². The molecule has 16 heavy (non-hydrogen) atoms. The highest BCUT2D eigenvalue weighted by Crippen LogP contribution is 2.18. The molecule has 0 aliphatic heterocycles. The van der Waals surface area contributed by atoms with Crippen LogP contribution >= 0.6 is 0 Å². The van der Waals surface area contributed by atoms with Gasteiger partial charge < -0.3 is 5.32 Å². The Morgan fingerprint density at radius 3 is 2.44 bits per heavy atom. The fraction of sp³-hybridized carbons (Fsp3) is 1.00. The van der Waals surface area contributed by atoms with Crippen LogP contribution in [0.25, 0.3) is 0 Å². The molecule has 0 radical (unpaired) electrons. The van der Waals surface area contributed by atoms with Gasteiger partial charge in [0.25, 0.3) is 0 Å². The van der Waals surface area contributed by atoms with Crippen molar-refractivity contribution >= 4 is 10.0 Å². The average molecular weight is 248 g/mol. The van der Waals surface area contributed by atoms with E-state index in [4.69, 9.17) is 0 Å². The molecular formula is C11H24N2O2S. The Morgan fingerprint density at radius 2 is 1.94 bits per heavy atom. The molecular weight excluding hydrogens is 224 g/mol. The third-order valence-electron chi connectivity index (χ3n) is 3.01. The van der Waals surface area contributed by atoms with Crippen LogP contribution in [-0.2, 0) is 10.0 Å². The van der Waals surface area contributed by atoms with Gasteiger partial charge >= 0.3 is 0 Å². The molecule has 1 aliphatic carbocycles. The summed E-state index contributed by atoms with van der Waals surface area (Å²) in [5, 5.41) is 3.39. The monoisotopic (exact) mass is 248 g/mol. The van der Waals surface area contributed by atoms with E-state index < -0.39 is 10.0 Å². The molecule has 96 valence electrons. The first kappa shape index (κ1) is 13.9. The lowest BCUT2D eigenvalue weighted by atomic mass is 10.3. The number of nitrogens with one attached hydrogen (secondary N) is 1. The van der Waals surface area contributed by atoms with Gasteiger partial charge in [0.15, 0.2) is 0 Å². The maximum atomic E-state index is 11.8. The molecule has 1 saturated carbocycles. The molecule has 1 aliphatic rings. The number of sulfonamides is 1. The molecule has 1 rings (SSSR count). The second-order valence-electron chi connectivity index (χ2n) is 4.86. The zero-order valence-corrected chi connectivity index (χ0v) is 11.4. The van der Waals surface area contributed by atoms with Crippen molar-refractivity contribution in [3.63, 3.8) is 0 Å². The smallest absolute Gasteiger partial charge is 0.214 e. The Balaban J connectivity index is 2.14. The van der Waals surface area contributed by atoms with Crippen molar-refractivity contribution in [1.82, 2.24) is 9.62 Å². The van der Waals surface area contributed by atoms with Crippen molar-refractivity contribution in [3.8, 4) is 0 Å². The minimum Gasteiger partial charge on any atom is -0.314 e. The number of nitrogens with zero attached hydrogens (tertiary/aromatic N) is 1. The molecule has 0 heterocycles. The van der Waals surface area contributed by atoms with E-state index in [1.165, 1.54) is 17.1 Å². The first-order valence-corrected chi connectivity index (χ1v) is 7.73. The molecule has 0 atom stereocenters. The van der Waals surface area contributed by atoms with Gasteiger partial charge in [-0.05, 0) is 46.1 Å². The van der Waals surface area contributed by atoms with Crippen LogP contribution in [-0.4, -0.2) is 44.2 Å². The molecule has 0 aromatic carbocycles. The SMILES string of the molecule is CC(C)N(C)S(=O)(=O)CCCCNC1CC1. The van der Waals surface area contributed by atoms with Crippen molar-refractivity contribution in [2.24, 2.45) is 0 Å². The Morgan fingerprint density at radius 1 is 1.31 bits per heavy atom. The number of rotatable bonds is 8. The summed E-state index contributed by atoms with van der Waals surface area (Å²) in [5.74, 6) is 0.272. The highest BCUT2D eigenvalue weighted by Gasteiger charge is 2.21. The van der Waals surface area contributed by atoms with Crippen molar-refractivity contribution in [2.45, 2.75) is 51.6 Å². The van der Waals surface area contributed by atoms with Gasteiger partial charge in [0, 0.05) is 19.1 Å². The molecule has 4 nitrogen and oxygen atoms in total. The maximum absolute atomic E-state index is 11.8. The highest BCUT2D eigenvalue weighted by molar-refractivity contribution is 7.89. The van der Waals surface area contributed by atoms with Crippen molar-refractivity contribution in [2.75, 3.05) is 19.3 Å². The predicted molar refractivity (Wildman–Crippen MR) is 66.9 cm³/mol. The van der Waals surface area contributed by atoms with Crippen LogP contribution in [0.15, 0.2) is 0 Å². The van der Waals surface area contributed by atoms with Gasteiger partial charge in [0.2, 0.25) is 10.0 Å². The van der Waals surface area contributed by atoms with Crippen LogP contribution in [0.4, 0.5) is 0 Å². The molecule has 5 heteroatoms. The van der Waals surface area contributed by atoms with Crippen LogP contribution in [0.2, 0.25) is 0 Å². The van der Waals surface area contributed by atoms with E-state index in [1.807, 2.05) is 13.8 Å². The lowest BCUT2D eigenvalue weighted by molar-refractivity contribution is 0.409. The van der Waals surface area contributed by atoms with E-state index in [1.54, 1.807) is 7.05 Å². The third kappa shape index (κ3) is 4.80. The fourth-order valence-electron chi connectivity index (χ4n) is 1.47. The Hall–Kier alpha value is -0.130. The molecule has 0 unspecified atom stereocenters. The van der Waals surface area contributed by atoms with Crippen molar-refractivity contribution < 1.29 is 8.42 Å². The summed E-state index contributed by atoms with van der Waals surface area (Å²) < 4.78 is 25.0. The summed E-state index contributed by atoms with van der Waals surface area (Å²) in [6, 6.07) is 0.768. The van der Waals surface area contributed by atoms with Crippen LogP contribution in [0.5, 0.6) is 0 Å². The zero-order chi connectivity index (χ0) is 12.2. The lowest BCUT2D eigenvalue weighted by Gasteiger charge is -2.20.